The predicted octanol–water partition coefficient (Wildman–Crippen LogP) is 3.87. The maximum atomic E-state index is 14.3. The Labute approximate surface area is 182 Å². The molecule has 31 heavy (non-hydrogen) atoms. The lowest BCUT2D eigenvalue weighted by Crippen LogP contribution is -2.43. The normalized spacial score (nSPS) is 14.5. The van der Waals surface area contributed by atoms with Crippen LogP contribution in [-0.2, 0) is 4.79 Å². The summed E-state index contributed by atoms with van der Waals surface area (Å²) in [5, 5.41) is 3.39. The van der Waals surface area contributed by atoms with E-state index in [4.69, 9.17) is 0 Å². The van der Waals surface area contributed by atoms with Crippen LogP contribution in [0.1, 0.15) is 26.6 Å². The second kappa shape index (κ2) is 8.67. The zero-order chi connectivity index (χ0) is 22.1. The van der Waals surface area contributed by atoms with Crippen LogP contribution in [0.5, 0.6) is 0 Å². The monoisotopic (exact) mass is 423 g/mol. The van der Waals surface area contributed by atoms with Crippen molar-refractivity contribution in [2.75, 3.05) is 42.5 Å². The van der Waals surface area contributed by atoms with Crippen LogP contribution in [0.15, 0.2) is 36.7 Å². The lowest BCUT2D eigenvalue weighted by atomic mass is 10.0. The second-order valence-electron chi connectivity index (χ2n) is 8.31. The minimum Gasteiger partial charge on any atom is -0.368 e. The van der Waals surface area contributed by atoms with E-state index in [1.807, 2.05) is 33.9 Å². The molecule has 3 heterocycles. The number of anilines is 2. The molecule has 4 rings (SSSR count). The number of imidazole rings is 1. The third-order valence-corrected chi connectivity index (χ3v) is 5.91. The van der Waals surface area contributed by atoms with E-state index in [9.17, 15) is 9.18 Å². The lowest BCUT2D eigenvalue weighted by molar-refractivity contribution is -0.121. The van der Waals surface area contributed by atoms with Crippen molar-refractivity contribution in [2.45, 2.75) is 27.7 Å². The zero-order valence-electron chi connectivity index (χ0n) is 18.7. The number of amides is 1. The number of pyridine rings is 1. The first-order valence-corrected chi connectivity index (χ1v) is 11.0. The van der Waals surface area contributed by atoms with Gasteiger partial charge in [0.1, 0.15) is 11.6 Å². The molecule has 6 nitrogen and oxygen atoms in total. The highest BCUT2D eigenvalue weighted by Crippen LogP contribution is 2.37. The van der Waals surface area contributed by atoms with Crippen molar-refractivity contribution in [1.82, 2.24) is 14.7 Å². The van der Waals surface area contributed by atoms with Crippen LogP contribution in [0.4, 0.5) is 15.8 Å². The number of fused-ring (bicyclic) bond motifs is 1. The number of halogens is 1. The van der Waals surface area contributed by atoms with Gasteiger partial charge in [0.05, 0.1) is 23.1 Å². The van der Waals surface area contributed by atoms with Crippen molar-refractivity contribution in [3.05, 3.63) is 48.3 Å². The van der Waals surface area contributed by atoms with E-state index in [1.54, 1.807) is 11.0 Å². The number of hydrogen-bond donors (Lipinski definition) is 1. The molecule has 7 heteroatoms. The molecule has 1 aromatic carbocycles. The van der Waals surface area contributed by atoms with Crippen molar-refractivity contribution >= 4 is 22.8 Å². The molecule has 1 amide bonds. The smallest absolute Gasteiger partial charge is 0.229 e. The first kappa shape index (κ1) is 21.3. The first-order valence-electron chi connectivity index (χ1n) is 11.0. The molecule has 0 bridgehead atoms. The number of carbonyl (C=O) groups is 1. The van der Waals surface area contributed by atoms with Gasteiger partial charge in [0.25, 0.3) is 0 Å². The Kier molecular flexibility index (Phi) is 5.96. The van der Waals surface area contributed by atoms with Gasteiger partial charge in [0.15, 0.2) is 0 Å². The summed E-state index contributed by atoms with van der Waals surface area (Å²) < 4.78 is 16.4. The minimum absolute atomic E-state index is 0.0201. The highest BCUT2D eigenvalue weighted by atomic mass is 19.1. The van der Waals surface area contributed by atoms with Crippen molar-refractivity contribution in [1.29, 1.82) is 0 Å². The molecule has 0 saturated carbocycles. The Morgan fingerprint density at radius 3 is 2.65 bits per heavy atom. The molecule has 0 atom stereocenters. The molecule has 1 aliphatic heterocycles. The van der Waals surface area contributed by atoms with E-state index in [2.05, 4.69) is 31.9 Å². The zero-order valence-corrected chi connectivity index (χ0v) is 18.7. The summed E-state index contributed by atoms with van der Waals surface area (Å²) in [6.45, 7) is 11.8. The third kappa shape index (κ3) is 4.02. The molecule has 164 valence electrons. The minimum atomic E-state index is -0.354. The van der Waals surface area contributed by atoms with Crippen LogP contribution in [0.25, 0.3) is 16.6 Å². The maximum absolute atomic E-state index is 14.3. The Bertz CT molecular complexity index is 1100. The second-order valence-corrected chi connectivity index (χ2v) is 8.31. The predicted molar refractivity (Wildman–Crippen MR) is 123 cm³/mol. The molecular formula is C24H30FN5O. The summed E-state index contributed by atoms with van der Waals surface area (Å²) in [4.78, 5) is 21.5. The SMILES string of the molecule is CCN(C(=O)C(C)C)c1cc(F)ccc1-c1cc(N2CCNCC2)cn2c(C)ncc12. The summed E-state index contributed by atoms with van der Waals surface area (Å²) in [5.41, 5.74) is 4.41. The fourth-order valence-corrected chi connectivity index (χ4v) is 4.23. The number of hydrogen-bond acceptors (Lipinski definition) is 4. The summed E-state index contributed by atoms with van der Waals surface area (Å²) in [7, 11) is 0. The Balaban J connectivity index is 1.93. The Morgan fingerprint density at radius 2 is 1.97 bits per heavy atom. The largest absolute Gasteiger partial charge is 0.368 e. The van der Waals surface area contributed by atoms with Gasteiger partial charge in [-0.25, -0.2) is 9.37 Å². The number of benzene rings is 1. The van der Waals surface area contributed by atoms with Gasteiger partial charge in [-0.3, -0.25) is 4.79 Å². The molecule has 0 aliphatic carbocycles. The van der Waals surface area contributed by atoms with Crippen molar-refractivity contribution in [3.63, 3.8) is 0 Å². The molecule has 0 spiro atoms. The third-order valence-electron chi connectivity index (χ3n) is 5.91. The fourth-order valence-electron chi connectivity index (χ4n) is 4.23. The molecule has 1 saturated heterocycles. The topological polar surface area (TPSA) is 52.9 Å². The molecule has 0 unspecified atom stereocenters. The van der Waals surface area contributed by atoms with Crippen LogP contribution in [0, 0.1) is 18.7 Å². The molecule has 1 fully saturated rings. The van der Waals surface area contributed by atoms with Crippen molar-refractivity contribution < 1.29 is 9.18 Å². The number of piperazine rings is 1. The van der Waals surface area contributed by atoms with E-state index in [0.29, 0.717) is 12.2 Å². The van der Waals surface area contributed by atoms with Gasteiger partial charge in [-0.15, -0.1) is 0 Å². The molecule has 1 N–H and O–H groups in total. The highest BCUT2D eigenvalue weighted by Gasteiger charge is 2.23. The molecular weight excluding hydrogens is 393 g/mol. The summed E-state index contributed by atoms with van der Waals surface area (Å²) in [6.07, 6.45) is 3.96. The highest BCUT2D eigenvalue weighted by molar-refractivity contribution is 6.00. The number of carbonyl (C=O) groups excluding carboxylic acids is 1. The first-order chi connectivity index (χ1) is 14.9. The number of aromatic nitrogens is 2. The molecule has 2 aromatic heterocycles. The number of nitrogens with one attached hydrogen (secondary N) is 1. The van der Waals surface area contributed by atoms with E-state index in [1.165, 1.54) is 12.1 Å². The van der Waals surface area contributed by atoms with Crippen LogP contribution in [0.2, 0.25) is 0 Å². The molecule has 0 radical (unpaired) electrons. The van der Waals surface area contributed by atoms with E-state index in [-0.39, 0.29) is 17.6 Å². The average Bonchev–Trinajstić information content (AvgIpc) is 3.15. The number of nitrogens with zero attached hydrogens (tertiary/aromatic N) is 4. The number of aryl methyl sites for hydroxylation is 1. The number of rotatable bonds is 5. The summed E-state index contributed by atoms with van der Waals surface area (Å²) >= 11 is 0. The van der Waals surface area contributed by atoms with Crippen molar-refractivity contribution in [2.24, 2.45) is 5.92 Å². The van der Waals surface area contributed by atoms with Gasteiger partial charge in [-0.05, 0) is 38.1 Å². The standard InChI is InChI=1S/C24H30FN5O/c1-5-29(24(31)16(2)3)22-12-18(25)6-7-20(22)21-13-19(28-10-8-26-9-11-28)15-30-17(4)27-14-23(21)30/h6-7,12-16,26H,5,8-11H2,1-4H3. The Hall–Kier alpha value is -2.93. The van der Waals surface area contributed by atoms with Gasteiger partial charge < -0.3 is 19.5 Å². The summed E-state index contributed by atoms with van der Waals surface area (Å²) in [6, 6.07) is 6.85. The van der Waals surface area contributed by atoms with E-state index in [0.717, 1.165) is 54.3 Å². The average molecular weight is 424 g/mol. The van der Waals surface area contributed by atoms with E-state index >= 15 is 0 Å². The van der Waals surface area contributed by atoms with Gasteiger partial charge >= 0.3 is 0 Å². The van der Waals surface area contributed by atoms with Crippen molar-refractivity contribution in [3.8, 4) is 11.1 Å². The Morgan fingerprint density at radius 1 is 1.23 bits per heavy atom. The molecule has 1 aliphatic rings. The van der Waals surface area contributed by atoms with Gasteiger partial charge in [-0.2, -0.15) is 0 Å². The van der Waals surface area contributed by atoms with Crippen LogP contribution < -0.4 is 15.1 Å². The fraction of sp³-hybridized carbons (Fsp3) is 0.417. The van der Waals surface area contributed by atoms with Crippen LogP contribution in [0.3, 0.4) is 0 Å². The van der Waals surface area contributed by atoms with Gasteiger partial charge in [-0.1, -0.05) is 13.8 Å². The van der Waals surface area contributed by atoms with Gasteiger partial charge in [0, 0.05) is 56.0 Å². The lowest BCUT2D eigenvalue weighted by Gasteiger charge is -2.30. The van der Waals surface area contributed by atoms with Gasteiger partial charge in [0.2, 0.25) is 5.91 Å². The maximum Gasteiger partial charge on any atom is 0.229 e. The van der Waals surface area contributed by atoms with E-state index < -0.39 is 0 Å². The van der Waals surface area contributed by atoms with Crippen LogP contribution in [-0.4, -0.2) is 48.0 Å². The quantitative estimate of drug-likeness (QED) is 0.677. The molecule has 3 aromatic rings. The summed E-state index contributed by atoms with van der Waals surface area (Å²) in [5.74, 6) is 0.337. The van der Waals surface area contributed by atoms with Crippen LogP contribution >= 0.6 is 0 Å².